The van der Waals surface area contributed by atoms with Crippen molar-refractivity contribution in [3.05, 3.63) is 28.8 Å². The van der Waals surface area contributed by atoms with E-state index in [2.05, 4.69) is 23.8 Å². The summed E-state index contributed by atoms with van der Waals surface area (Å²) in [5.41, 5.74) is 6.28. The molecule has 3 rings (SSSR count). The lowest BCUT2D eigenvalue weighted by Gasteiger charge is -2.47. The Morgan fingerprint density at radius 3 is 2.60 bits per heavy atom. The van der Waals surface area contributed by atoms with Gasteiger partial charge in [0.2, 0.25) is 16.0 Å². The van der Waals surface area contributed by atoms with Crippen molar-refractivity contribution in [2.24, 2.45) is 16.1 Å². The smallest absolute Gasteiger partial charge is 0.239 e. The van der Waals surface area contributed by atoms with Gasteiger partial charge in [-0.3, -0.25) is 0 Å². The SMILES string of the molecule is CC(C)c1cc2c([nH]1)CC(C)([C@]1(C)CS(=O)(=O)N(C)C(N)=N1)C(F)=C2. The first-order chi connectivity index (χ1) is 11.4. The van der Waals surface area contributed by atoms with Crippen LogP contribution in [0.15, 0.2) is 16.9 Å². The maximum absolute atomic E-state index is 15.2. The van der Waals surface area contributed by atoms with Crippen LogP contribution in [0.3, 0.4) is 0 Å². The minimum atomic E-state index is -3.64. The molecule has 1 unspecified atom stereocenters. The Morgan fingerprint density at radius 2 is 2.04 bits per heavy atom. The van der Waals surface area contributed by atoms with Gasteiger partial charge in [-0.15, -0.1) is 0 Å². The molecule has 0 amide bonds. The van der Waals surface area contributed by atoms with E-state index in [1.54, 1.807) is 13.8 Å². The molecule has 1 aromatic rings. The van der Waals surface area contributed by atoms with E-state index in [0.29, 0.717) is 12.3 Å². The molecule has 138 valence electrons. The highest BCUT2D eigenvalue weighted by molar-refractivity contribution is 7.89. The quantitative estimate of drug-likeness (QED) is 0.839. The van der Waals surface area contributed by atoms with Crippen molar-refractivity contribution in [2.75, 3.05) is 12.8 Å². The fourth-order valence-corrected chi connectivity index (χ4v) is 5.15. The van der Waals surface area contributed by atoms with Crippen LogP contribution in [0.5, 0.6) is 0 Å². The largest absolute Gasteiger partial charge is 0.369 e. The number of sulfonamides is 1. The molecule has 1 aromatic heterocycles. The van der Waals surface area contributed by atoms with Gasteiger partial charge < -0.3 is 10.7 Å². The molecular formula is C17H25FN4O2S. The first-order valence-electron chi connectivity index (χ1n) is 8.31. The summed E-state index contributed by atoms with van der Waals surface area (Å²) in [4.78, 5) is 7.75. The summed E-state index contributed by atoms with van der Waals surface area (Å²) in [5, 5.41) is 0. The second kappa shape index (κ2) is 5.33. The van der Waals surface area contributed by atoms with Crippen molar-refractivity contribution in [3.63, 3.8) is 0 Å². The molecule has 6 nitrogen and oxygen atoms in total. The van der Waals surface area contributed by atoms with E-state index in [1.165, 1.54) is 13.1 Å². The van der Waals surface area contributed by atoms with Gasteiger partial charge in [0.1, 0.15) is 5.83 Å². The number of hydrogen-bond acceptors (Lipinski definition) is 4. The number of H-pyrrole nitrogens is 1. The van der Waals surface area contributed by atoms with Crippen molar-refractivity contribution in [3.8, 4) is 0 Å². The predicted octanol–water partition coefficient (Wildman–Crippen LogP) is 2.36. The average Bonchev–Trinajstić information content (AvgIpc) is 2.87. The third-order valence-corrected chi connectivity index (χ3v) is 7.62. The molecule has 0 radical (unpaired) electrons. The monoisotopic (exact) mass is 368 g/mol. The average molecular weight is 368 g/mol. The van der Waals surface area contributed by atoms with Crippen molar-refractivity contribution in [2.45, 2.75) is 45.6 Å². The van der Waals surface area contributed by atoms with Gasteiger partial charge in [0.05, 0.1) is 16.7 Å². The first-order valence-corrected chi connectivity index (χ1v) is 9.92. The maximum Gasteiger partial charge on any atom is 0.239 e. The number of aromatic nitrogens is 1. The molecule has 0 spiro atoms. The van der Waals surface area contributed by atoms with Gasteiger partial charge in [-0.05, 0) is 30.5 Å². The fourth-order valence-electron chi connectivity index (χ4n) is 3.54. The number of nitrogens with one attached hydrogen (secondary N) is 1. The normalized spacial score (nSPS) is 31.6. The number of rotatable bonds is 2. The third-order valence-electron chi connectivity index (χ3n) is 5.67. The van der Waals surface area contributed by atoms with Crippen molar-refractivity contribution < 1.29 is 12.8 Å². The zero-order chi connectivity index (χ0) is 18.8. The topological polar surface area (TPSA) is 91.5 Å². The maximum atomic E-state index is 15.2. The molecule has 2 heterocycles. The summed E-state index contributed by atoms with van der Waals surface area (Å²) in [6.07, 6.45) is 1.83. The number of fused-ring (bicyclic) bond motifs is 1. The molecule has 0 fully saturated rings. The molecule has 1 aliphatic carbocycles. The molecule has 2 aliphatic rings. The molecular weight excluding hydrogens is 343 g/mol. The first kappa shape index (κ1) is 18.0. The Bertz CT molecular complexity index is 886. The second-order valence-corrected chi connectivity index (χ2v) is 9.78. The molecule has 1 aliphatic heterocycles. The Labute approximate surface area is 148 Å². The van der Waals surface area contributed by atoms with Gasteiger partial charge in [-0.1, -0.05) is 20.8 Å². The van der Waals surface area contributed by atoms with Crippen LogP contribution in [-0.2, 0) is 16.4 Å². The molecule has 0 aromatic carbocycles. The van der Waals surface area contributed by atoms with E-state index in [9.17, 15) is 8.42 Å². The van der Waals surface area contributed by atoms with Crippen LogP contribution in [-0.4, -0.2) is 42.0 Å². The predicted molar refractivity (Wildman–Crippen MR) is 97.4 cm³/mol. The summed E-state index contributed by atoms with van der Waals surface area (Å²) in [6, 6.07) is 1.95. The van der Waals surface area contributed by atoms with Gasteiger partial charge >= 0.3 is 0 Å². The Balaban J connectivity index is 2.10. The molecule has 0 saturated carbocycles. The lowest BCUT2D eigenvalue weighted by Crippen LogP contribution is -2.58. The van der Waals surface area contributed by atoms with E-state index in [4.69, 9.17) is 5.73 Å². The molecule has 0 saturated heterocycles. The van der Waals surface area contributed by atoms with Crippen molar-refractivity contribution in [1.29, 1.82) is 0 Å². The van der Waals surface area contributed by atoms with Crippen LogP contribution in [0.2, 0.25) is 0 Å². The number of hydrogen-bond donors (Lipinski definition) is 2. The molecule has 0 bridgehead atoms. The Morgan fingerprint density at radius 1 is 1.40 bits per heavy atom. The number of aromatic amines is 1. The van der Waals surface area contributed by atoms with Gasteiger partial charge in [-0.2, -0.15) is 0 Å². The second-order valence-electron chi connectivity index (χ2n) is 7.78. The lowest BCUT2D eigenvalue weighted by molar-refractivity contribution is 0.181. The van der Waals surface area contributed by atoms with E-state index in [0.717, 1.165) is 21.3 Å². The van der Waals surface area contributed by atoms with Crippen LogP contribution in [0.4, 0.5) is 4.39 Å². The number of guanidine groups is 1. The van der Waals surface area contributed by atoms with E-state index in [1.807, 2.05) is 6.07 Å². The lowest BCUT2D eigenvalue weighted by atomic mass is 9.66. The summed E-state index contributed by atoms with van der Waals surface area (Å²) < 4.78 is 41.0. The van der Waals surface area contributed by atoms with Crippen LogP contribution < -0.4 is 5.73 Å². The van der Waals surface area contributed by atoms with Gasteiger partial charge in [0.15, 0.2) is 0 Å². The fraction of sp³-hybridized carbons (Fsp3) is 0.588. The molecule has 2 atom stereocenters. The highest BCUT2D eigenvalue weighted by atomic mass is 32.2. The van der Waals surface area contributed by atoms with Crippen LogP contribution in [0, 0.1) is 5.41 Å². The number of nitrogens with zero attached hydrogens (tertiary/aromatic N) is 2. The van der Waals surface area contributed by atoms with Crippen LogP contribution >= 0.6 is 0 Å². The summed E-state index contributed by atoms with van der Waals surface area (Å²) in [6.45, 7) is 7.50. The van der Waals surface area contributed by atoms with Crippen molar-refractivity contribution in [1.82, 2.24) is 9.29 Å². The highest BCUT2D eigenvalue weighted by Gasteiger charge is 2.55. The van der Waals surface area contributed by atoms with Gasteiger partial charge in [-0.25, -0.2) is 22.1 Å². The van der Waals surface area contributed by atoms with Gasteiger partial charge in [0.25, 0.3) is 0 Å². The Kier molecular flexibility index (Phi) is 3.83. The summed E-state index contributed by atoms with van der Waals surface area (Å²) in [7, 11) is -2.28. The third kappa shape index (κ3) is 2.58. The Hall–Kier alpha value is -1.83. The summed E-state index contributed by atoms with van der Waals surface area (Å²) >= 11 is 0. The minimum absolute atomic E-state index is 0.108. The molecule has 3 N–H and O–H groups in total. The van der Waals surface area contributed by atoms with E-state index < -0.39 is 21.0 Å². The minimum Gasteiger partial charge on any atom is -0.369 e. The zero-order valence-electron chi connectivity index (χ0n) is 15.2. The van der Waals surface area contributed by atoms with E-state index >= 15 is 4.39 Å². The van der Waals surface area contributed by atoms with Crippen LogP contribution in [0.25, 0.3) is 6.08 Å². The van der Waals surface area contributed by atoms with E-state index in [-0.39, 0.29) is 17.5 Å². The summed E-state index contributed by atoms with van der Waals surface area (Å²) in [5.74, 6) is -0.473. The number of halogens is 1. The number of aliphatic imine (C=N–C) groups is 1. The van der Waals surface area contributed by atoms with Gasteiger partial charge in [0, 0.05) is 24.9 Å². The molecule has 25 heavy (non-hydrogen) atoms. The highest BCUT2D eigenvalue weighted by Crippen LogP contribution is 2.50. The van der Waals surface area contributed by atoms with Crippen molar-refractivity contribution >= 4 is 22.1 Å². The molecule has 8 heteroatoms. The van der Waals surface area contributed by atoms with Crippen LogP contribution in [0.1, 0.15) is 50.6 Å². The number of nitrogens with two attached hydrogens (primary N) is 1. The zero-order valence-corrected chi connectivity index (χ0v) is 16.0. The standard InChI is InChI=1S/C17H25FN4O2S/c1-10(2)12-6-11-7-14(18)16(3,8-13(11)20-12)17(4)9-25(23,24)22(5)15(19)21-17/h6-7,10,20H,8-9H2,1-5H3,(H2,19,21)/t16?,17-/m0/s1.